The molecular weight excluding hydrogens is 368 g/mol. The van der Waals surface area contributed by atoms with Gasteiger partial charge in [-0.25, -0.2) is 0 Å². The molecule has 0 atom stereocenters. The van der Waals surface area contributed by atoms with Crippen LogP contribution >= 0.6 is 0 Å². The van der Waals surface area contributed by atoms with E-state index in [1.165, 1.54) is 6.07 Å². The number of piperidine rings is 1. The first-order valence-corrected chi connectivity index (χ1v) is 9.66. The lowest BCUT2D eigenvalue weighted by atomic mass is 9.73. The van der Waals surface area contributed by atoms with Crippen molar-refractivity contribution >= 4 is 22.8 Å². The Bertz CT molecular complexity index is 1110. The maximum Gasteiger partial charge on any atom is 0.314 e. The predicted octanol–water partition coefficient (Wildman–Crippen LogP) is 2.65. The van der Waals surface area contributed by atoms with E-state index in [4.69, 9.17) is 0 Å². The van der Waals surface area contributed by atoms with Gasteiger partial charge < -0.3 is 14.6 Å². The Hall–Kier alpha value is -3.41. The Balaban J connectivity index is 1.52. The Morgan fingerprint density at radius 2 is 1.59 bits per heavy atom. The number of amides is 1. The van der Waals surface area contributed by atoms with Crippen LogP contribution in [0.2, 0.25) is 0 Å². The van der Waals surface area contributed by atoms with Crippen molar-refractivity contribution < 1.29 is 14.7 Å². The Morgan fingerprint density at radius 3 is 2.28 bits per heavy atom. The molecule has 1 aliphatic rings. The van der Waals surface area contributed by atoms with Gasteiger partial charge in [-0.15, -0.1) is 0 Å². The fourth-order valence-electron chi connectivity index (χ4n) is 4.16. The van der Waals surface area contributed by atoms with Crippen LogP contribution in [0.1, 0.15) is 18.4 Å². The molecule has 0 saturated carbocycles. The highest BCUT2D eigenvalue weighted by Crippen LogP contribution is 2.36. The van der Waals surface area contributed by atoms with E-state index in [0.29, 0.717) is 31.3 Å². The van der Waals surface area contributed by atoms with E-state index in [-0.39, 0.29) is 17.9 Å². The number of para-hydroxylation sites is 1. The molecule has 0 bridgehead atoms. The number of fused-ring (bicyclic) bond motifs is 1. The number of carboxylic acid groups (broad SMARTS) is 1. The number of carbonyl (C=O) groups is 2. The lowest BCUT2D eigenvalue weighted by Gasteiger charge is -2.39. The molecule has 3 aromatic rings. The smallest absolute Gasteiger partial charge is 0.314 e. The maximum atomic E-state index is 12.9. The summed E-state index contributed by atoms with van der Waals surface area (Å²) in [5.74, 6) is -0.923. The normalized spacial score (nSPS) is 15.9. The van der Waals surface area contributed by atoms with Crippen LogP contribution in [0, 0.1) is 0 Å². The zero-order valence-electron chi connectivity index (χ0n) is 16.0. The molecule has 1 aliphatic heterocycles. The summed E-state index contributed by atoms with van der Waals surface area (Å²) in [6.45, 7) is 0.891. The molecule has 1 fully saturated rings. The van der Waals surface area contributed by atoms with Gasteiger partial charge in [0.1, 0.15) is 6.54 Å². The molecule has 0 unspecified atom stereocenters. The standard InChI is InChI=1S/C23H22N2O4/c26-20-10-13-25(19-9-5-4-8-18(19)20)16-21(27)24-14-11-23(12-15-24,22(28)29)17-6-2-1-3-7-17/h1-10,13H,11-12,14-16H2,(H,28,29). The van der Waals surface area contributed by atoms with Crippen molar-refractivity contribution in [2.45, 2.75) is 24.8 Å². The summed E-state index contributed by atoms with van der Waals surface area (Å²) in [6.07, 6.45) is 2.39. The molecule has 2 aromatic carbocycles. The van der Waals surface area contributed by atoms with Crippen LogP contribution in [-0.2, 0) is 21.5 Å². The van der Waals surface area contributed by atoms with Gasteiger partial charge in [-0.1, -0.05) is 42.5 Å². The minimum absolute atomic E-state index is 0.0728. The van der Waals surface area contributed by atoms with Gasteiger partial charge in [0.25, 0.3) is 0 Å². The van der Waals surface area contributed by atoms with Crippen LogP contribution in [0.15, 0.2) is 71.7 Å². The second-order valence-electron chi connectivity index (χ2n) is 7.46. The lowest BCUT2D eigenvalue weighted by Crippen LogP contribution is -2.49. The second kappa shape index (κ2) is 7.54. The molecule has 1 saturated heterocycles. The van der Waals surface area contributed by atoms with Crippen molar-refractivity contribution in [1.29, 1.82) is 0 Å². The van der Waals surface area contributed by atoms with Gasteiger partial charge in [0.2, 0.25) is 5.91 Å². The Kier molecular flexibility index (Phi) is 4.92. The van der Waals surface area contributed by atoms with Crippen LogP contribution in [-0.4, -0.2) is 39.5 Å². The van der Waals surface area contributed by atoms with Crippen molar-refractivity contribution in [3.63, 3.8) is 0 Å². The summed E-state index contributed by atoms with van der Waals surface area (Å²) in [7, 11) is 0. The topological polar surface area (TPSA) is 79.6 Å². The van der Waals surface area contributed by atoms with E-state index in [0.717, 1.165) is 11.1 Å². The molecule has 1 aromatic heterocycles. The van der Waals surface area contributed by atoms with Gasteiger partial charge in [-0.3, -0.25) is 14.4 Å². The third kappa shape index (κ3) is 3.42. The number of aromatic nitrogens is 1. The van der Waals surface area contributed by atoms with Crippen molar-refractivity contribution in [3.8, 4) is 0 Å². The first-order chi connectivity index (χ1) is 14.0. The van der Waals surface area contributed by atoms with Crippen molar-refractivity contribution in [2.75, 3.05) is 13.1 Å². The fraction of sp³-hybridized carbons (Fsp3) is 0.261. The SMILES string of the molecule is O=C(Cn1ccc(=O)c2ccccc21)N1CCC(C(=O)O)(c2ccccc2)CC1. The van der Waals surface area contributed by atoms with E-state index < -0.39 is 11.4 Å². The number of likely N-dealkylation sites (tertiary alicyclic amines) is 1. The molecule has 1 N–H and O–H groups in total. The minimum Gasteiger partial charge on any atom is -0.481 e. The molecule has 29 heavy (non-hydrogen) atoms. The summed E-state index contributed by atoms with van der Waals surface area (Å²) >= 11 is 0. The number of hydrogen-bond donors (Lipinski definition) is 1. The molecule has 6 nitrogen and oxygen atoms in total. The van der Waals surface area contributed by atoms with Gasteiger partial charge in [0, 0.05) is 30.7 Å². The number of nitrogens with zero attached hydrogens (tertiary/aromatic N) is 2. The molecule has 0 aliphatic carbocycles. The van der Waals surface area contributed by atoms with E-state index in [2.05, 4.69) is 0 Å². The number of carboxylic acids is 1. The molecule has 148 valence electrons. The zero-order valence-corrected chi connectivity index (χ0v) is 16.0. The summed E-state index contributed by atoms with van der Waals surface area (Å²) in [5.41, 5.74) is 0.471. The first kappa shape index (κ1) is 18.9. The average molecular weight is 390 g/mol. The van der Waals surface area contributed by atoms with Crippen molar-refractivity contribution in [3.05, 3.63) is 82.6 Å². The number of rotatable bonds is 4. The third-order valence-electron chi connectivity index (χ3n) is 5.90. The highest BCUT2D eigenvalue weighted by atomic mass is 16.4. The van der Waals surface area contributed by atoms with Gasteiger partial charge in [0.05, 0.1) is 10.9 Å². The second-order valence-corrected chi connectivity index (χ2v) is 7.46. The Morgan fingerprint density at radius 1 is 0.931 bits per heavy atom. The van der Waals surface area contributed by atoms with Crippen LogP contribution < -0.4 is 5.43 Å². The minimum atomic E-state index is -0.956. The molecule has 0 spiro atoms. The fourth-order valence-corrected chi connectivity index (χ4v) is 4.16. The van der Waals surface area contributed by atoms with Crippen LogP contribution in [0.25, 0.3) is 10.9 Å². The van der Waals surface area contributed by atoms with Crippen LogP contribution in [0.4, 0.5) is 0 Å². The first-order valence-electron chi connectivity index (χ1n) is 9.66. The molecule has 1 amide bonds. The Labute approximate surface area is 168 Å². The highest BCUT2D eigenvalue weighted by molar-refractivity contribution is 5.84. The molecule has 4 rings (SSSR count). The lowest BCUT2D eigenvalue weighted by molar-refractivity contribution is -0.148. The van der Waals surface area contributed by atoms with Crippen LogP contribution in [0.5, 0.6) is 0 Å². The molecule has 6 heteroatoms. The summed E-state index contributed by atoms with van der Waals surface area (Å²) in [4.78, 5) is 38.7. The van der Waals surface area contributed by atoms with E-state index >= 15 is 0 Å². The van der Waals surface area contributed by atoms with Gasteiger partial charge in [-0.05, 0) is 30.5 Å². The average Bonchev–Trinajstić information content (AvgIpc) is 2.76. The summed E-state index contributed by atoms with van der Waals surface area (Å²) < 4.78 is 1.77. The number of hydrogen-bond acceptors (Lipinski definition) is 3. The quantitative estimate of drug-likeness (QED) is 0.743. The largest absolute Gasteiger partial charge is 0.481 e. The van der Waals surface area contributed by atoms with E-state index in [9.17, 15) is 19.5 Å². The number of pyridine rings is 1. The summed E-state index contributed by atoms with van der Waals surface area (Å²) in [5, 5.41) is 10.5. The van der Waals surface area contributed by atoms with Gasteiger partial charge in [0.15, 0.2) is 5.43 Å². The highest BCUT2D eigenvalue weighted by Gasteiger charge is 2.43. The number of benzene rings is 2. The maximum absolute atomic E-state index is 12.9. The van der Waals surface area contributed by atoms with Gasteiger partial charge >= 0.3 is 5.97 Å². The summed E-state index contributed by atoms with van der Waals surface area (Å²) in [6, 6.07) is 17.9. The molecule has 0 radical (unpaired) electrons. The van der Waals surface area contributed by atoms with Gasteiger partial charge in [-0.2, -0.15) is 0 Å². The van der Waals surface area contributed by atoms with Crippen molar-refractivity contribution in [2.24, 2.45) is 0 Å². The van der Waals surface area contributed by atoms with Crippen LogP contribution in [0.3, 0.4) is 0 Å². The number of aliphatic carboxylic acids is 1. The molecule has 2 heterocycles. The predicted molar refractivity (Wildman–Crippen MR) is 110 cm³/mol. The zero-order chi connectivity index (χ0) is 20.4. The monoisotopic (exact) mass is 390 g/mol. The number of carbonyl (C=O) groups excluding carboxylic acids is 1. The van der Waals surface area contributed by atoms with E-state index in [1.54, 1.807) is 27.8 Å². The van der Waals surface area contributed by atoms with Crippen molar-refractivity contribution in [1.82, 2.24) is 9.47 Å². The molecular formula is C23H22N2O4. The third-order valence-corrected chi connectivity index (χ3v) is 5.90. The van der Waals surface area contributed by atoms with E-state index in [1.807, 2.05) is 42.5 Å².